The van der Waals surface area contributed by atoms with E-state index in [-0.39, 0.29) is 10.6 Å². The average Bonchev–Trinajstić information content (AvgIpc) is 2.55. The summed E-state index contributed by atoms with van der Waals surface area (Å²) in [6, 6.07) is 4.97. The van der Waals surface area contributed by atoms with Crippen LogP contribution in [0.3, 0.4) is 0 Å². The van der Waals surface area contributed by atoms with Gasteiger partial charge in [-0.2, -0.15) is 13.2 Å². The first-order chi connectivity index (χ1) is 12.4. The molecule has 0 aliphatic rings. The van der Waals surface area contributed by atoms with Crippen molar-refractivity contribution >= 4 is 15.8 Å². The van der Waals surface area contributed by atoms with Gasteiger partial charge in [0.15, 0.2) is 21.4 Å². The number of rotatable bonds is 5. The molecule has 0 saturated carbocycles. The smallest absolute Gasteiger partial charge is 0.416 e. The first kappa shape index (κ1) is 20.7. The van der Waals surface area contributed by atoms with Gasteiger partial charge in [-0.15, -0.1) is 0 Å². The van der Waals surface area contributed by atoms with Gasteiger partial charge in [-0.05, 0) is 30.3 Å². The number of ether oxygens (including phenoxy) is 2. The Kier molecular flexibility index (Phi) is 5.79. The highest BCUT2D eigenvalue weighted by molar-refractivity contribution is 7.91. The zero-order valence-corrected chi connectivity index (χ0v) is 14.9. The Morgan fingerprint density at radius 1 is 1.07 bits per heavy atom. The average molecular weight is 406 g/mol. The summed E-state index contributed by atoms with van der Waals surface area (Å²) in [5.74, 6) is -3.52. The van der Waals surface area contributed by atoms with Crippen molar-refractivity contribution in [3.63, 3.8) is 0 Å². The minimum absolute atomic E-state index is 0.244. The number of benzene rings is 2. The van der Waals surface area contributed by atoms with Crippen molar-refractivity contribution in [1.29, 1.82) is 0 Å². The van der Waals surface area contributed by atoms with E-state index in [4.69, 9.17) is 4.74 Å². The van der Waals surface area contributed by atoms with Crippen LogP contribution >= 0.6 is 0 Å². The van der Waals surface area contributed by atoms with E-state index in [2.05, 4.69) is 4.74 Å². The van der Waals surface area contributed by atoms with Gasteiger partial charge >= 0.3 is 12.1 Å². The van der Waals surface area contributed by atoms with Crippen LogP contribution in [0.5, 0.6) is 17.2 Å². The first-order valence-electron chi connectivity index (χ1n) is 7.53. The van der Waals surface area contributed by atoms with Gasteiger partial charge in [0.05, 0.1) is 16.2 Å². The third-order valence-corrected chi connectivity index (χ3v) is 5.07. The van der Waals surface area contributed by atoms with E-state index in [1.54, 1.807) is 0 Å². The second kappa shape index (κ2) is 7.55. The molecule has 0 unspecified atom stereocenters. The highest BCUT2D eigenvalue weighted by Gasteiger charge is 2.32. The summed E-state index contributed by atoms with van der Waals surface area (Å²) in [5.41, 5.74) is -1.16. The maximum absolute atomic E-state index is 14.2. The van der Waals surface area contributed by atoms with E-state index < -0.39 is 50.6 Å². The Morgan fingerprint density at radius 3 is 2.22 bits per heavy atom. The van der Waals surface area contributed by atoms with E-state index in [0.29, 0.717) is 12.1 Å². The molecule has 0 N–H and O–H groups in total. The van der Waals surface area contributed by atoms with Crippen molar-refractivity contribution in [2.45, 2.75) is 24.9 Å². The summed E-state index contributed by atoms with van der Waals surface area (Å²) in [7, 11) is -3.66. The molecule has 0 spiro atoms. The monoisotopic (exact) mass is 406 g/mol. The third-order valence-electron chi connectivity index (χ3n) is 3.34. The molecule has 0 bridgehead atoms. The van der Waals surface area contributed by atoms with Crippen molar-refractivity contribution in [3.8, 4) is 17.2 Å². The Balaban J connectivity index is 2.43. The molecule has 0 radical (unpaired) electrons. The molecule has 0 amide bonds. The van der Waals surface area contributed by atoms with E-state index in [1.165, 1.54) is 6.92 Å². The minimum atomic E-state index is -4.76. The van der Waals surface area contributed by atoms with Gasteiger partial charge in [-0.3, -0.25) is 4.79 Å². The summed E-state index contributed by atoms with van der Waals surface area (Å²) in [6.45, 7) is 2.39. The fourth-order valence-electron chi connectivity index (χ4n) is 2.07. The lowest BCUT2D eigenvalue weighted by molar-refractivity contribution is -0.138. The quantitative estimate of drug-likeness (QED) is 0.419. The zero-order chi connectivity index (χ0) is 20.4. The lowest BCUT2D eigenvalue weighted by Crippen LogP contribution is -2.08. The summed E-state index contributed by atoms with van der Waals surface area (Å²) in [5, 5.41) is 0. The van der Waals surface area contributed by atoms with Gasteiger partial charge in [0.2, 0.25) is 0 Å². The molecule has 27 heavy (non-hydrogen) atoms. The normalized spacial score (nSPS) is 11.9. The van der Waals surface area contributed by atoms with Gasteiger partial charge in [-0.1, -0.05) is 6.92 Å². The second-order valence-corrected chi connectivity index (χ2v) is 7.66. The van der Waals surface area contributed by atoms with Gasteiger partial charge in [-0.25, -0.2) is 12.8 Å². The maximum Gasteiger partial charge on any atom is 0.416 e. The van der Waals surface area contributed by atoms with Crippen LogP contribution in [-0.2, 0) is 20.8 Å². The largest absolute Gasteiger partial charge is 0.454 e. The first-order valence-corrected chi connectivity index (χ1v) is 9.18. The van der Waals surface area contributed by atoms with Crippen LogP contribution in [-0.4, -0.2) is 20.1 Å². The van der Waals surface area contributed by atoms with Crippen molar-refractivity contribution in [2.24, 2.45) is 0 Å². The molecule has 0 aliphatic carbocycles. The number of hydrogen-bond donors (Lipinski definition) is 0. The van der Waals surface area contributed by atoms with E-state index in [9.17, 15) is 30.8 Å². The van der Waals surface area contributed by atoms with Crippen LogP contribution < -0.4 is 9.47 Å². The Hall–Kier alpha value is -2.62. The highest BCUT2D eigenvalue weighted by Crippen LogP contribution is 2.37. The molecule has 0 fully saturated rings. The SMILES string of the molecule is CCS(=O)(=O)c1ccc(Oc2cc(OC(C)=O)cc(C(F)(F)F)c2)c(F)c1. The maximum atomic E-state index is 14.2. The molecule has 2 rings (SSSR count). The molecule has 10 heteroatoms. The number of hydrogen-bond acceptors (Lipinski definition) is 5. The summed E-state index contributed by atoms with van der Waals surface area (Å²) in [6.07, 6.45) is -4.76. The van der Waals surface area contributed by atoms with E-state index >= 15 is 0 Å². The Morgan fingerprint density at radius 2 is 1.70 bits per heavy atom. The number of esters is 1. The zero-order valence-electron chi connectivity index (χ0n) is 14.1. The van der Waals surface area contributed by atoms with Crippen LogP contribution in [0.4, 0.5) is 17.6 Å². The molecule has 0 saturated heterocycles. The van der Waals surface area contributed by atoms with E-state index in [1.807, 2.05) is 0 Å². The summed E-state index contributed by atoms with van der Waals surface area (Å²) < 4.78 is 86.4. The predicted molar refractivity (Wildman–Crippen MR) is 87.0 cm³/mol. The van der Waals surface area contributed by atoms with Crippen molar-refractivity contribution < 1.29 is 40.2 Å². The van der Waals surface area contributed by atoms with Gasteiger partial charge in [0, 0.05) is 13.0 Å². The third kappa shape index (κ3) is 5.19. The molecule has 2 aromatic carbocycles. The van der Waals surface area contributed by atoms with Crippen LogP contribution in [0.1, 0.15) is 19.4 Å². The molecule has 2 aromatic rings. The minimum Gasteiger partial charge on any atom is -0.454 e. The molecule has 0 aromatic heterocycles. The van der Waals surface area contributed by atoms with Gasteiger partial charge < -0.3 is 9.47 Å². The number of carbonyl (C=O) groups is 1. The molecule has 0 atom stereocenters. The number of alkyl halides is 3. The Bertz CT molecular complexity index is 968. The van der Waals surface area contributed by atoms with E-state index in [0.717, 1.165) is 31.2 Å². The fourth-order valence-corrected chi connectivity index (χ4v) is 2.96. The predicted octanol–water partition coefficient (Wildman–Crippen LogP) is 4.36. The fraction of sp³-hybridized carbons (Fsp3) is 0.235. The highest BCUT2D eigenvalue weighted by atomic mass is 32.2. The van der Waals surface area contributed by atoms with Gasteiger partial charge in [0.1, 0.15) is 11.5 Å². The van der Waals surface area contributed by atoms with Crippen LogP contribution in [0.15, 0.2) is 41.3 Å². The van der Waals surface area contributed by atoms with Crippen molar-refractivity contribution in [3.05, 3.63) is 47.8 Å². The standard InChI is InChI=1S/C17H14F4O5S/c1-3-27(23,24)14-4-5-16(15(18)9-14)26-13-7-11(17(19,20)21)6-12(8-13)25-10(2)22/h4-9H,3H2,1-2H3. The summed E-state index contributed by atoms with van der Waals surface area (Å²) >= 11 is 0. The van der Waals surface area contributed by atoms with Crippen LogP contribution in [0, 0.1) is 5.82 Å². The second-order valence-electron chi connectivity index (χ2n) is 5.38. The van der Waals surface area contributed by atoms with Crippen LogP contribution in [0.2, 0.25) is 0 Å². The molecule has 0 heterocycles. The number of carbonyl (C=O) groups excluding carboxylic acids is 1. The molecule has 146 valence electrons. The Labute approximate surface area is 152 Å². The molecule has 0 aliphatic heterocycles. The number of halogens is 4. The number of sulfone groups is 1. The van der Waals surface area contributed by atoms with Crippen LogP contribution in [0.25, 0.3) is 0 Å². The topological polar surface area (TPSA) is 69.7 Å². The lowest BCUT2D eigenvalue weighted by Gasteiger charge is -2.13. The molecule has 5 nitrogen and oxygen atoms in total. The molecular formula is C17H14F4O5S. The lowest BCUT2D eigenvalue weighted by atomic mass is 10.2. The summed E-state index contributed by atoms with van der Waals surface area (Å²) in [4.78, 5) is 10.7. The van der Waals surface area contributed by atoms with Crippen molar-refractivity contribution in [2.75, 3.05) is 5.75 Å². The van der Waals surface area contributed by atoms with Crippen molar-refractivity contribution in [1.82, 2.24) is 0 Å². The molecular weight excluding hydrogens is 392 g/mol. The van der Waals surface area contributed by atoms with Gasteiger partial charge in [0.25, 0.3) is 0 Å².